The molecule has 172 valence electrons. The number of nitrogens with zero attached hydrogens (tertiary/aromatic N) is 4. The summed E-state index contributed by atoms with van der Waals surface area (Å²) in [6.07, 6.45) is 6.11. The van der Waals surface area contributed by atoms with E-state index in [9.17, 15) is 10.0 Å². The Balaban J connectivity index is 1.50. The summed E-state index contributed by atoms with van der Waals surface area (Å²) in [6.45, 7) is 2.54. The van der Waals surface area contributed by atoms with Crippen molar-refractivity contribution in [3.63, 3.8) is 0 Å². The van der Waals surface area contributed by atoms with E-state index < -0.39 is 0 Å². The van der Waals surface area contributed by atoms with Crippen LogP contribution >= 0.6 is 15.9 Å². The zero-order valence-corrected chi connectivity index (χ0v) is 19.6. The Labute approximate surface area is 194 Å². The van der Waals surface area contributed by atoms with E-state index in [2.05, 4.69) is 47.0 Å². The Morgan fingerprint density at radius 2 is 2.09 bits per heavy atom. The molecule has 1 saturated carbocycles. The van der Waals surface area contributed by atoms with Crippen molar-refractivity contribution in [2.75, 3.05) is 11.9 Å². The number of hydrogen-bond donors (Lipinski definition) is 4. The fraction of sp³-hybridized carbons (Fsp3) is 0.476. The molecule has 0 bridgehead atoms. The maximum atomic E-state index is 12.1. The number of carbonyl (C=O) groups excluding carboxylic acids is 1. The van der Waals surface area contributed by atoms with Crippen LogP contribution in [0.1, 0.15) is 56.2 Å². The Bertz CT molecular complexity index is 984. The molecule has 1 aliphatic rings. The Kier molecular flexibility index (Phi) is 8.74. The molecule has 0 atom stereocenters. The van der Waals surface area contributed by atoms with Crippen LogP contribution in [0, 0.1) is 12.8 Å². The highest BCUT2D eigenvalue weighted by Gasteiger charge is 2.22. The van der Waals surface area contributed by atoms with Crippen molar-refractivity contribution in [1.82, 2.24) is 15.8 Å². The van der Waals surface area contributed by atoms with Crippen molar-refractivity contribution in [2.45, 2.75) is 51.9 Å². The Morgan fingerprint density at radius 3 is 2.81 bits per heavy atom. The molecular weight excluding hydrogens is 478 g/mol. The van der Waals surface area contributed by atoms with Crippen LogP contribution < -0.4 is 16.5 Å². The maximum Gasteiger partial charge on any atom is 0.250 e. The number of unbranched alkanes of at least 4 members (excludes halogenated alkanes) is 1. The molecule has 0 spiro atoms. The molecule has 0 radical (unpaired) electrons. The number of aliphatic imine (C=N–C) groups is 2. The molecule has 0 aliphatic heterocycles. The molecule has 3 rings (SSSR count). The molecule has 0 saturated heterocycles. The molecule has 10 nitrogen and oxygen atoms in total. The first-order valence-corrected chi connectivity index (χ1v) is 11.5. The fourth-order valence-electron chi connectivity index (χ4n) is 3.47. The standard InChI is InChI=1S/C21H28BrN7O3/c1-13-9-10-15(12-16(13)22)25-20(27-31)18-19(29-32-28-18)24-11-5-4-8-17(23)26-21(30)14-6-2-3-7-14/h9-10,12,14,31H,2-8,11H2,1H3,(H,24,29)(H,25,27)(H2,23,26,30). The van der Waals surface area contributed by atoms with Crippen LogP contribution in [0.5, 0.6) is 0 Å². The first kappa shape index (κ1) is 23.9. The van der Waals surface area contributed by atoms with E-state index in [4.69, 9.17) is 10.4 Å². The number of amides is 1. The van der Waals surface area contributed by atoms with Crippen LogP contribution in [0.25, 0.3) is 0 Å². The second-order valence-corrected chi connectivity index (χ2v) is 8.63. The average Bonchev–Trinajstić information content (AvgIpc) is 3.46. The van der Waals surface area contributed by atoms with Crippen molar-refractivity contribution in [1.29, 1.82) is 0 Å². The van der Waals surface area contributed by atoms with Gasteiger partial charge >= 0.3 is 0 Å². The van der Waals surface area contributed by atoms with Crippen molar-refractivity contribution in [2.24, 2.45) is 21.6 Å². The first-order valence-electron chi connectivity index (χ1n) is 10.7. The number of nitrogens with one attached hydrogen (secondary N) is 2. The summed E-state index contributed by atoms with van der Waals surface area (Å²) < 4.78 is 5.72. The number of carbonyl (C=O) groups is 1. The van der Waals surface area contributed by atoms with Gasteiger partial charge in [-0.15, -0.1) is 0 Å². The van der Waals surface area contributed by atoms with Gasteiger partial charge in [0, 0.05) is 23.4 Å². The van der Waals surface area contributed by atoms with Crippen molar-refractivity contribution in [3.8, 4) is 0 Å². The molecule has 1 aromatic carbocycles. The van der Waals surface area contributed by atoms with E-state index >= 15 is 0 Å². The largest absolute Gasteiger partial charge is 0.387 e. The zero-order chi connectivity index (χ0) is 22.9. The van der Waals surface area contributed by atoms with Crippen LogP contribution in [0.15, 0.2) is 37.3 Å². The van der Waals surface area contributed by atoms with Gasteiger partial charge in [0.15, 0.2) is 11.5 Å². The number of aryl methyl sites for hydroxylation is 1. The number of nitrogens with two attached hydrogens (primary N) is 1. The smallest absolute Gasteiger partial charge is 0.250 e. The molecule has 5 N–H and O–H groups in total. The van der Waals surface area contributed by atoms with Gasteiger partial charge in [0.25, 0.3) is 0 Å². The van der Waals surface area contributed by atoms with Crippen LogP contribution in [0.4, 0.5) is 11.5 Å². The number of rotatable bonds is 9. The van der Waals surface area contributed by atoms with Crippen molar-refractivity contribution in [3.05, 3.63) is 33.9 Å². The highest BCUT2D eigenvalue weighted by molar-refractivity contribution is 9.10. The van der Waals surface area contributed by atoms with E-state index in [1.165, 1.54) is 0 Å². The lowest BCUT2D eigenvalue weighted by atomic mass is 10.1. The lowest BCUT2D eigenvalue weighted by Crippen LogP contribution is -2.22. The summed E-state index contributed by atoms with van der Waals surface area (Å²) in [6, 6.07) is 5.56. The molecule has 1 aromatic heterocycles. The third-order valence-corrected chi connectivity index (χ3v) is 6.18. The quantitative estimate of drug-likeness (QED) is 0.173. The highest BCUT2D eigenvalue weighted by Crippen LogP contribution is 2.26. The predicted molar refractivity (Wildman–Crippen MR) is 125 cm³/mol. The molecule has 1 aliphatic carbocycles. The third-order valence-electron chi connectivity index (χ3n) is 5.33. The molecule has 32 heavy (non-hydrogen) atoms. The Hall–Kier alpha value is -2.79. The molecular formula is C21H28BrN7O3. The second-order valence-electron chi connectivity index (χ2n) is 7.77. The van der Waals surface area contributed by atoms with Gasteiger partial charge in [-0.1, -0.05) is 34.8 Å². The Morgan fingerprint density at radius 1 is 1.31 bits per heavy atom. The van der Waals surface area contributed by atoms with Gasteiger partial charge in [-0.3, -0.25) is 15.5 Å². The summed E-state index contributed by atoms with van der Waals surface area (Å²) in [5.74, 6) is 0.806. The maximum absolute atomic E-state index is 12.1. The van der Waals surface area contributed by atoms with E-state index in [1.807, 2.05) is 25.1 Å². The number of benzene rings is 1. The van der Waals surface area contributed by atoms with Crippen LogP contribution in [-0.4, -0.2) is 39.6 Å². The monoisotopic (exact) mass is 505 g/mol. The van der Waals surface area contributed by atoms with Crippen LogP contribution in [-0.2, 0) is 4.79 Å². The summed E-state index contributed by atoms with van der Waals surface area (Å²) >= 11 is 3.46. The number of anilines is 1. The minimum atomic E-state index is -0.0830. The molecule has 11 heteroatoms. The molecule has 1 heterocycles. The van der Waals surface area contributed by atoms with Gasteiger partial charge in [0.05, 0.1) is 5.69 Å². The lowest BCUT2D eigenvalue weighted by Gasteiger charge is -2.07. The van der Waals surface area contributed by atoms with E-state index in [0.717, 1.165) is 48.6 Å². The van der Waals surface area contributed by atoms with Gasteiger partial charge in [-0.2, -0.15) is 0 Å². The SMILES string of the molecule is Cc1ccc(N=C(NO)c2nonc2NCCCCC(N)=NC(=O)C2CCCC2)cc1Br. The minimum absolute atomic E-state index is 0.0466. The molecule has 1 fully saturated rings. The minimum Gasteiger partial charge on any atom is -0.387 e. The number of hydroxylamine groups is 1. The van der Waals surface area contributed by atoms with E-state index in [0.29, 0.717) is 30.3 Å². The molecule has 2 aromatic rings. The van der Waals surface area contributed by atoms with Gasteiger partial charge in [0.1, 0.15) is 5.84 Å². The van der Waals surface area contributed by atoms with Gasteiger partial charge < -0.3 is 11.1 Å². The number of amidine groups is 2. The number of aromatic nitrogens is 2. The van der Waals surface area contributed by atoms with Crippen LogP contribution in [0.3, 0.4) is 0 Å². The summed E-state index contributed by atoms with van der Waals surface area (Å²) in [4.78, 5) is 20.5. The lowest BCUT2D eigenvalue weighted by molar-refractivity contribution is -0.121. The van der Waals surface area contributed by atoms with E-state index in [1.54, 1.807) is 0 Å². The van der Waals surface area contributed by atoms with Crippen molar-refractivity contribution >= 4 is 45.0 Å². The third kappa shape index (κ3) is 6.60. The zero-order valence-electron chi connectivity index (χ0n) is 18.0. The van der Waals surface area contributed by atoms with Crippen molar-refractivity contribution < 1.29 is 14.6 Å². The molecule has 0 unspecified atom stereocenters. The predicted octanol–water partition coefficient (Wildman–Crippen LogP) is 3.85. The fourth-order valence-corrected chi connectivity index (χ4v) is 3.84. The summed E-state index contributed by atoms with van der Waals surface area (Å²) in [5, 5.41) is 20.3. The van der Waals surface area contributed by atoms with E-state index in [-0.39, 0.29) is 23.4 Å². The van der Waals surface area contributed by atoms with Gasteiger partial charge in [-0.05, 0) is 60.6 Å². The topological polar surface area (TPSA) is 151 Å². The summed E-state index contributed by atoms with van der Waals surface area (Å²) in [7, 11) is 0. The number of halogens is 1. The van der Waals surface area contributed by atoms with Gasteiger partial charge in [0.2, 0.25) is 11.7 Å². The van der Waals surface area contributed by atoms with Gasteiger partial charge in [-0.25, -0.2) is 14.6 Å². The second kappa shape index (κ2) is 11.7. The number of hydrogen-bond acceptors (Lipinski definition) is 7. The summed E-state index contributed by atoms with van der Waals surface area (Å²) in [5.41, 5.74) is 9.91. The van der Waals surface area contributed by atoms with Crippen LogP contribution in [0.2, 0.25) is 0 Å². The highest BCUT2D eigenvalue weighted by atomic mass is 79.9. The molecule has 1 amide bonds. The normalized spacial score (nSPS) is 15.2. The first-order chi connectivity index (χ1) is 15.5. The average molecular weight is 506 g/mol.